The number of halogens is 2. The summed E-state index contributed by atoms with van der Waals surface area (Å²) < 4.78 is 2.15. The molecule has 0 spiro atoms. The SMILES string of the molecule is CC(C)c1nc(CO)n(CCCCc2ccccc2)c1Sc1cc(Cl)cc(Cl)c1. The van der Waals surface area contributed by atoms with Crippen LogP contribution in [0.4, 0.5) is 0 Å². The smallest absolute Gasteiger partial charge is 0.135 e. The zero-order valence-electron chi connectivity index (χ0n) is 16.7. The Morgan fingerprint density at radius 3 is 2.34 bits per heavy atom. The van der Waals surface area contributed by atoms with Gasteiger partial charge in [-0.2, -0.15) is 0 Å². The van der Waals surface area contributed by atoms with E-state index in [1.54, 1.807) is 17.8 Å². The molecular formula is C23H26Cl2N2OS. The van der Waals surface area contributed by atoms with Crippen molar-refractivity contribution in [2.45, 2.75) is 62.1 Å². The van der Waals surface area contributed by atoms with Gasteiger partial charge >= 0.3 is 0 Å². The fourth-order valence-corrected chi connectivity index (χ4v) is 5.22. The van der Waals surface area contributed by atoms with Gasteiger partial charge in [0.05, 0.1) is 5.69 Å². The Kier molecular flexibility index (Phi) is 8.07. The van der Waals surface area contributed by atoms with Crippen LogP contribution < -0.4 is 0 Å². The van der Waals surface area contributed by atoms with Gasteiger partial charge in [-0.25, -0.2) is 4.98 Å². The summed E-state index contributed by atoms with van der Waals surface area (Å²) in [6.45, 7) is 4.99. The highest BCUT2D eigenvalue weighted by atomic mass is 35.5. The summed E-state index contributed by atoms with van der Waals surface area (Å²) in [5, 5.41) is 12.2. The molecule has 3 nitrogen and oxygen atoms in total. The summed E-state index contributed by atoms with van der Waals surface area (Å²) in [6, 6.07) is 16.1. The van der Waals surface area contributed by atoms with Crippen LogP contribution in [0.15, 0.2) is 58.5 Å². The van der Waals surface area contributed by atoms with E-state index in [-0.39, 0.29) is 12.5 Å². The number of hydrogen-bond donors (Lipinski definition) is 1. The van der Waals surface area contributed by atoms with Crippen molar-refractivity contribution in [3.05, 3.63) is 75.7 Å². The first-order valence-corrected chi connectivity index (χ1v) is 11.4. The van der Waals surface area contributed by atoms with Gasteiger partial charge in [0.2, 0.25) is 0 Å². The third-order valence-electron chi connectivity index (χ3n) is 4.70. The molecule has 0 aliphatic heterocycles. The van der Waals surface area contributed by atoms with E-state index < -0.39 is 0 Å². The van der Waals surface area contributed by atoms with Crippen LogP contribution in [0.25, 0.3) is 0 Å². The monoisotopic (exact) mass is 448 g/mol. The predicted octanol–water partition coefficient (Wildman–Crippen LogP) is 6.98. The lowest BCUT2D eigenvalue weighted by Gasteiger charge is -2.13. The lowest BCUT2D eigenvalue weighted by atomic mass is 10.1. The van der Waals surface area contributed by atoms with Crippen molar-refractivity contribution >= 4 is 35.0 Å². The molecular weight excluding hydrogens is 423 g/mol. The summed E-state index contributed by atoms with van der Waals surface area (Å²) in [5.74, 6) is 0.965. The zero-order chi connectivity index (χ0) is 20.8. The van der Waals surface area contributed by atoms with E-state index in [2.05, 4.69) is 42.7 Å². The number of aliphatic hydroxyl groups is 1. The van der Waals surface area contributed by atoms with Gasteiger partial charge in [0.1, 0.15) is 17.5 Å². The molecule has 0 aliphatic rings. The van der Waals surface area contributed by atoms with Crippen LogP contribution in [0.3, 0.4) is 0 Å². The van der Waals surface area contributed by atoms with E-state index in [0.29, 0.717) is 15.9 Å². The lowest BCUT2D eigenvalue weighted by molar-refractivity contribution is 0.263. The Bertz CT molecular complexity index is 921. The first-order chi connectivity index (χ1) is 14.0. The summed E-state index contributed by atoms with van der Waals surface area (Å²) in [5.41, 5.74) is 2.35. The predicted molar refractivity (Wildman–Crippen MR) is 122 cm³/mol. The number of aryl methyl sites for hydroxylation is 1. The van der Waals surface area contributed by atoms with E-state index in [4.69, 9.17) is 28.2 Å². The molecule has 0 unspecified atom stereocenters. The normalized spacial score (nSPS) is 11.4. The topological polar surface area (TPSA) is 38.1 Å². The second kappa shape index (κ2) is 10.5. The molecule has 0 fully saturated rings. The van der Waals surface area contributed by atoms with Crippen molar-refractivity contribution in [2.75, 3.05) is 0 Å². The van der Waals surface area contributed by atoms with E-state index in [9.17, 15) is 5.11 Å². The quantitative estimate of drug-likeness (QED) is 0.358. The summed E-state index contributed by atoms with van der Waals surface area (Å²) >= 11 is 14.0. The van der Waals surface area contributed by atoms with Crippen molar-refractivity contribution in [1.82, 2.24) is 9.55 Å². The van der Waals surface area contributed by atoms with Crippen LogP contribution in [-0.2, 0) is 19.6 Å². The number of imidazole rings is 1. The van der Waals surface area contributed by atoms with Gasteiger partial charge in [0.25, 0.3) is 0 Å². The van der Waals surface area contributed by atoms with Gasteiger partial charge < -0.3 is 9.67 Å². The molecule has 1 aromatic heterocycles. The summed E-state index contributed by atoms with van der Waals surface area (Å²) in [7, 11) is 0. The van der Waals surface area contributed by atoms with E-state index in [0.717, 1.165) is 41.4 Å². The number of rotatable bonds is 9. The average Bonchev–Trinajstić information content (AvgIpc) is 3.03. The van der Waals surface area contributed by atoms with Gasteiger partial charge in [-0.3, -0.25) is 0 Å². The average molecular weight is 449 g/mol. The van der Waals surface area contributed by atoms with Gasteiger partial charge in [-0.05, 0) is 48.9 Å². The maximum Gasteiger partial charge on any atom is 0.135 e. The van der Waals surface area contributed by atoms with Crippen molar-refractivity contribution in [2.24, 2.45) is 0 Å². The molecule has 0 radical (unpaired) electrons. The highest BCUT2D eigenvalue weighted by Crippen LogP contribution is 2.37. The van der Waals surface area contributed by atoms with E-state index >= 15 is 0 Å². The van der Waals surface area contributed by atoms with Crippen molar-refractivity contribution in [3.8, 4) is 0 Å². The third kappa shape index (κ3) is 6.02. The molecule has 0 aliphatic carbocycles. The maximum atomic E-state index is 9.89. The first-order valence-electron chi connectivity index (χ1n) is 9.86. The Morgan fingerprint density at radius 1 is 1.03 bits per heavy atom. The molecule has 6 heteroatoms. The minimum atomic E-state index is -0.0741. The second-order valence-electron chi connectivity index (χ2n) is 7.33. The molecule has 2 aromatic carbocycles. The van der Waals surface area contributed by atoms with Gasteiger partial charge in [-0.1, -0.05) is 79.1 Å². The number of aliphatic hydroxyl groups excluding tert-OH is 1. The van der Waals surface area contributed by atoms with Crippen molar-refractivity contribution in [3.63, 3.8) is 0 Å². The molecule has 0 amide bonds. The van der Waals surface area contributed by atoms with E-state index in [1.807, 2.05) is 18.2 Å². The zero-order valence-corrected chi connectivity index (χ0v) is 19.1. The molecule has 0 saturated heterocycles. The lowest BCUT2D eigenvalue weighted by Crippen LogP contribution is -2.06. The van der Waals surface area contributed by atoms with Crippen molar-refractivity contribution in [1.29, 1.82) is 0 Å². The number of aromatic nitrogens is 2. The van der Waals surface area contributed by atoms with Crippen molar-refractivity contribution < 1.29 is 5.11 Å². The van der Waals surface area contributed by atoms with Crippen LogP contribution in [0, 0.1) is 0 Å². The first kappa shape index (κ1) is 22.2. The number of unbranched alkanes of at least 4 members (excludes halogenated alkanes) is 1. The second-order valence-corrected chi connectivity index (χ2v) is 9.27. The van der Waals surface area contributed by atoms with Gasteiger partial charge in [0.15, 0.2) is 0 Å². The minimum absolute atomic E-state index is 0.0741. The third-order valence-corrected chi connectivity index (χ3v) is 6.23. The molecule has 0 atom stereocenters. The Labute approximate surface area is 187 Å². The molecule has 154 valence electrons. The number of nitrogens with zero attached hydrogens (tertiary/aromatic N) is 2. The van der Waals surface area contributed by atoms with E-state index in [1.165, 1.54) is 5.56 Å². The molecule has 0 bridgehead atoms. The van der Waals surface area contributed by atoms with Crippen LogP contribution in [-0.4, -0.2) is 14.7 Å². The highest BCUT2D eigenvalue weighted by Gasteiger charge is 2.20. The molecule has 0 saturated carbocycles. The molecule has 1 N–H and O–H groups in total. The van der Waals surface area contributed by atoms with Crippen LogP contribution in [0.2, 0.25) is 10.0 Å². The van der Waals surface area contributed by atoms with Crippen LogP contribution >= 0.6 is 35.0 Å². The number of hydrogen-bond acceptors (Lipinski definition) is 3. The van der Waals surface area contributed by atoms with Gasteiger partial charge in [0, 0.05) is 21.5 Å². The number of benzene rings is 2. The molecule has 3 rings (SSSR count). The standard InChI is InChI=1S/C23H26Cl2N2OS/c1-16(2)22-23(29-20-13-18(24)12-19(25)14-20)27(21(15-28)26-22)11-7-6-10-17-8-4-3-5-9-17/h3-5,8-9,12-14,16,28H,6-7,10-11,15H2,1-2H3. The van der Waals surface area contributed by atoms with Gasteiger partial charge in [-0.15, -0.1) is 0 Å². The Hall–Kier alpha value is -1.46. The fourth-order valence-electron chi connectivity index (χ4n) is 3.28. The van der Waals surface area contributed by atoms with Crippen LogP contribution in [0.5, 0.6) is 0 Å². The van der Waals surface area contributed by atoms with Crippen LogP contribution in [0.1, 0.15) is 49.7 Å². The largest absolute Gasteiger partial charge is 0.388 e. The highest BCUT2D eigenvalue weighted by molar-refractivity contribution is 7.99. The minimum Gasteiger partial charge on any atom is -0.388 e. The Balaban J connectivity index is 1.80. The molecule has 29 heavy (non-hydrogen) atoms. The summed E-state index contributed by atoms with van der Waals surface area (Å²) in [6.07, 6.45) is 3.14. The molecule has 1 heterocycles. The summed E-state index contributed by atoms with van der Waals surface area (Å²) in [4.78, 5) is 5.70. The Morgan fingerprint density at radius 2 is 1.72 bits per heavy atom. The molecule has 3 aromatic rings. The maximum absolute atomic E-state index is 9.89. The fraction of sp³-hybridized carbons (Fsp3) is 0.348.